The van der Waals surface area contributed by atoms with E-state index in [-0.39, 0.29) is 5.41 Å². The van der Waals surface area contributed by atoms with Crippen LogP contribution < -0.4 is 10.1 Å². The van der Waals surface area contributed by atoms with E-state index in [0.29, 0.717) is 11.5 Å². The first kappa shape index (κ1) is 15.4. The van der Waals surface area contributed by atoms with Crippen LogP contribution in [0, 0.1) is 5.41 Å². The highest BCUT2D eigenvalue weighted by Crippen LogP contribution is 2.40. The highest BCUT2D eigenvalue weighted by atomic mass is 16.5. The molecule has 2 nitrogen and oxygen atoms in total. The summed E-state index contributed by atoms with van der Waals surface area (Å²) in [5, 5.41) is 3.63. The summed E-state index contributed by atoms with van der Waals surface area (Å²) in [5.41, 5.74) is 3.19. The molecule has 0 fully saturated rings. The fourth-order valence-electron chi connectivity index (χ4n) is 2.92. The molecule has 0 spiro atoms. The van der Waals surface area contributed by atoms with E-state index in [9.17, 15) is 0 Å². The third kappa shape index (κ3) is 3.35. The summed E-state index contributed by atoms with van der Waals surface area (Å²) in [5.74, 6) is 1.06. The third-order valence-electron chi connectivity index (χ3n) is 3.99. The van der Waals surface area contributed by atoms with Crippen LogP contribution in [0.5, 0.6) is 5.75 Å². The Kier molecular flexibility index (Phi) is 4.15. The lowest BCUT2D eigenvalue weighted by molar-refractivity contribution is 0.291. The van der Waals surface area contributed by atoms with Gasteiger partial charge in [0.05, 0.1) is 6.61 Å². The zero-order valence-electron chi connectivity index (χ0n) is 13.8. The summed E-state index contributed by atoms with van der Waals surface area (Å²) < 4.78 is 5.79. The van der Waals surface area contributed by atoms with E-state index in [4.69, 9.17) is 4.74 Å². The molecular formula is C18H29NO. The van der Waals surface area contributed by atoms with Gasteiger partial charge in [0.15, 0.2) is 0 Å². The van der Waals surface area contributed by atoms with Gasteiger partial charge < -0.3 is 10.1 Å². The van der Waals surface area contributed by atoms with Crippen molar-refractivity contribution in [3.8, 4) is 5.75 Å². The van der Waals surface area contributed by atoms with Crippen molar-refractivity contribution in [2.75, 3.05) is 13.2 Å². The molecule has 1 heterocycles. The van der Waals surface area contributed by atoms with Crippen LogP contribution in [0.3, 0.4) is 0 Å². The lowest BCUT2D eigenvalue weighted by Gasteiger charge is -2.28. The number of fused-ring (bicyclic) bond motifs is 1. The SMILES string of the molecule is CCNC(CC(C)(C)C)c1ccc2c(c1)C(C)(C)CO2. The minimum absolute atomic E-state index is 0.129. The molecule has 112 valence electrons. The molecule has 0 amide bonds. The van der Waals surface area contributed by atoms with Crippen LogP contribution in [0.1, 0.15) is 65.1 Å². The standard InChI is InChI=1S/C18H29NO/c1-7-19-15(11-17(2,3)4)13-8-9-16-14(10-13)18(5,6)12-20-16/h8-10,15,19H,7,11-12H2,1-6H3. The molecule has 1 atom stereocenters. The molecule has 1 unspecified atom stereocenters. The summed E-state index contributed by atoms with van der Waals surface area (Å²) >= 11 is 0. The average molecular weight is 275 g/mol. The van der Waals surface area contributed by atoms with E-state index in [1.165, 1.54) is 11.1 Å². The van der Waals surface area contributed by atoms with Gasteiger partial charge in [-0.1, -0.05) is 47.6 Å². The van der Waals surface area contributed by atoms with Crippen molar-refractivity contribution in [2.45, 2.75) is 59.4 Å². The minimum atomic E-state index is 0.129. The summed E-state index contributed by atoms with van der Waals surface area (Å²) in [6, 6.07) is 7.13. The second kappa shape index (κ2) is 5.40. The van der Waals surface area contributed by atoms with Gasteiger partial charge >= 0.3 is 0 Å². The van der Waals surface area contributed by atoms with E-state index in [1.54, 1.807) is 0 Å². The van der Waals surface area contributed by atoms with E-state index in [0.717, 1.165) is 25.3 Å². The van der Waals surface area contributed by atoms with E-state index in [1.807, 2.05) is 0 Å². The van der Waals surface area contributed by atoms with Crippen molar-refractivity contribution in [1.82, 2.24) is 5.32 Å². The maximum Gasteiger partial charge on any atom is 0.123 e. The molecule has 1 aromatic carbocycles. The smallest absolute Gasteiger partial charge is 0.123 e. The molecule has 20 heavy (non-hydrogen) atoms. The molecule has 1 aliphatic heterocycles. The summed E-state index contributed by atoms with van der Waals surface area (Å²) in [6.45, 7) is 15.4. The molecule has 0 saturated carbocycles. The van der Waals surface area contributed by atoms with E-state index < -0.39 is 0 Å². The normalized spacial score (nSPS) is 18.5. The lowest BCUT2D eigenvalue weighted by Crippen LogP contribution is -2.26. The first-order valence-electron chi connectivity index (χ1n) is 7.73. The van der Waals surface area contributed by atoms with Crippen LogP contribution in [0.25, 0.3) is 0 Å². The predicted octanol–water partition coefficient (Wildman–Crippen LogP) is 4.44. The number of ether oxygens (including phenoxy) is 1. The molecule has 2 heteroatoms. The molecule has 0 saturated heterocycles. The van der Waals surface area contributed by atoms with Crippen molar-refractivity contribution >= 4 is 0 Å². The van der Waals surface area contributed by atoms with Gasteiger partial charge in [-0.2, -0.15) is 0 Å². The topological polar surface area (TPSA) is 21.3 Å². The van der Waals surface area contributed by atoms with Crippen LogP contribution >= 0.6 is 0 Å². The maximum atomic E-state index is 5.79. The number of hydrogen-bond donors (Lipinski definition) is 1. The van der Waals surface area contributed by atoms with Gasteiger partial charge in [-0.25, -0.2) is 0 Å². The van der Waals surface area contributed by atoms with Gasteiger partial charge in [-0.3, -0.25) is 0 Å². The highest BCUT2D eigenvalue weighted by Gasteiger charge is 2.32. The molecule has 0 aromatic heterocycles. The summed E-state index contributed by atoms with van der Waals surface area (Å²) in [6.07, 6.45) is 1.14. The van der Waals surface area contributed by atoms with Crippen LogP contribution in [0.15, 0.2) is 18.2 Å². The first-order chi connectivity index (χ1) is 9.23. The molecule has 0 bridgehead atoms. The summed E-state index contributed by atoms with van der Waals surface area (Å²) in [4.78, 5) is 0. The van der Waals surface area contributed by atoms with Gasteiger partial charge in [0.1, 0.15) is 5.75 Å². The quantitative estimate of drug-likeness (QED) is 0.877. The second-order valence-electron chi connectivity index (χ2n) is 7.80. The Morgan fingerprint density at radius 3 is 2.60 bits per heavy atom. The molecule has 1 aliphatic rings. The molecule has 0 radical (unpaired) electrons. The molecular weight excluding hydrogens is 246 g/mol. The van der Waals surface area contributed by atoms with Crippen molar-refractivity contribution in [3.05, 3.63) is 29.3 Å². The van der Waals surface area contributed by atoms with Gasteiger partial charge in [0.25, 0.3) is 0 Å². The molecule has 0 aliphatic carbocycles. The Balaban J connectivity index is 2.31. The monoisotopic (exact) mass is 275 g/mol. The lowest BCUT2D eigenvalue weighted by atomic mass is 9.82. The Morgan fingerprint density at radius 2 is 2.00 bits per heavy atom. The van der Waals surface area contributed by atoms with Crippen molar-refractivity contribution in [2.24, 2.45) is 5.41 Å². The van der Waals surface area contributed by atoms with Crippen LogP contribution in [-0.4, -0.2) is 13.2 Å². The fraction of sp³-hybridized carbons (Fsp3) is 0.667. The number of benzene rings is 1. The number of nitrogens with one attached hydrogen (secondary N) is 1. The second-order valence-corrected chi connectivity index (χ2v) is 7.80. The van der Waals surface area contributed by atoms with Crippen LogP contribution in [0.2, 0.25) is 0 Å². The molecule has 1 N–H and O–H groups in total. The van der Waals surface area contributed by atoms with Crippen molar-refractivity contribution < 1.29 is 4.74 Å². The van der Waals surface area contributed by atoms with E-state index >= 15 is 0 Å². The Morgan fingerprint density at radius 1 is 1.30 bits per heavy atom. The van der Waals surface area contributed by atoms with E-state index in [2.05, 4.69) is 65.1 Å². The van der Waals surface area contributed by atoms with Crippen molar-refractivity contribution in [1.29, 1.82) is 0 Å². The largest absolute Gasteiger partial charge is 0.492 e. The van der Waals surface area contributed by atoms with Crippen LogP contribution in [0.4, 0.5) is 0 Å². The Hall–Kier alpha value is -1.02. The zero-order chi connectivity index (χ0) is 15.0. The maximum absolute atomic E-state index is 5.79. The predicted molar refractivity (Wildman–Crippen MR) is 85.5 cm³/mol. The van der Waals surface area contributed by atoms with Gasteiger partial charge in [0, 0.05) is 17.0 Å². The van der Waals surface area contributed by atoms with Crippen molar-refractivity contribution in [3.63, 3.8) is 0 Å². The first-order valence-corrected chi connectivity index (χ1v) is 7.73. The number of hydrogen-bond acceptors (Lipinski definition) is 2. The third-order valence-corrected chi connectivity index (χ3v) is 3.99. The zero-order valence-corrected chi connectivity index (χ0v) is 13.8. The molecule has 1 aromatic rings. The minimum Gasteiger partial charge on any atom is -0.492 e. The van der Waals surface area contributed by atoms with Gasteiger partial charge in [0.2, 0.25) is 0 Å². The number of rotatable bonds is 4. The fourth-order valence-corrected chi connectivity index (χ4v) is 2.92. The molecule has 2 rings (SSSR count). The summed E-state index contributed by atoms with van der Waals surface area (Å²) in [7, 11) is 0. The Bertz CT molecular complexity index is 471. The average Bonchev–Trinajstić information content (AvgIpc) is 2.63. The van der Waals surface area contributed by atoms with Crippen LogP contribution in [-0.2, 0) is 5.41 Å². The van der Waals surface area contributed by atoms with Gasteiger partial charge in [-0.15, -0.1) is 0 Å². The highest BCUT2D eigenvalue weighted by molar-refractivity contribution is 5.45. The Labute approximate surface area is 123 Å². The van der Waals surface area contributed by atoms with Gasteiger partial charge in [-0.05, 0) is 36.1 Å².